The lowest BCUT2D eigenvalue weighted by atomic mass is 10.2. The van der Waals surface area contributed by atoms with Crippen molar-refractivity contribution < 1.29 is 13.6 Å². The van der Waals surface area contributed by atoms with E-state index >= 15 is 0 Å². The number of aromatic nitrogens is 1. The van der Waals surface area contributed by atoms with Crippen molar-refractivity contribution in [2.45, 2.75) is 0 Å². The topological polar surface area (TPSA) is 56.0 Å². The van der Waals surface area contributed by atoms with E-state index in [0.29, 0.717) is 0 Å². The Bertz CT molecular complexity index is 301. The summed E-state index contributed by atoms with van der Waals surface area (Å²) in [6.07, 6.45) is 0.267. The van der Waals surface area contributed by atoms with Crippen LogP contribution in [0.4, 0.5) is 14.5 Å². The van der Waals surface area contributed by atoms with E-state index in [-0.39, 0.29) is 11.8 Å². The first-order chi connectivity index (χ1) is 5.15. The van der Waals surface area contributed by atoms with Gasteiger partial charge in [0, 0.05) is 11.6 Å². The zero-order chi connectivity index (χ0) is 8.43. The molecule has 0 aliphatic heterocycles. The highest BCUT2D eigenvalue weighted by atomic mass is 19.1. The minimum atomic E-state index is -1.16. The van der Waals surface area contributed by atoms with E-state index in [1.165, 1.54) is 0 Å². The number of nitrogens with two attached hydrogens (primary N) is 1. The number of pyridine rings is 1. The van der Waals surface area contributed by atoms with Crippen LogP contribution in [0.3, 0.4) is 0 Å². The molecule has 58 valence electrons. The molecule has 0 spiro atoms. The standard InChI is InChI=1S/C6H4F2N2O/c7-4-1-3(2-11)5(9)6(8)10-4/h1-2H,9H2. The van der Waals surface area contributed by atoms with Crippen LogP contribution in [0.15, 0.2) is 6.07 Å². The first kappa shape index (κ1) is 7.59. The van der Waals surface area contributed by atoms with Gasteiger partial charge in [0.2, 0.25) is 11.9 Å². The van der Waals surface area contributed by atoms with Crippen LogP contribution in [-0.4, -0.2) is 11.3 Å². The largest absolute Gasteiger partial charge is 0.394 e. The van der Waals surface area contributed by atoms with E-state index in [1.54, 1.807) is 0 Å². The summed E-state index contributed by atoms with van der Waals surface area (Å²) in [5.74, 6) is -2.22. The van der Waals surface area contributed by atoms with Gasteiger partial charge in [0.05, 0.1) is 5.69 Å². The summed E-state index contributed by atoms with van der Waals surface area (Å²) < 4.78 is 24.6. The van der Waals surface area contributed by atoms with Crippen molar-refractivity contribution in [1.29, 1.82) is 0 Å². The molecule has 11 heavy (non-hydrogen) atoms. The van der Waals surface area contributed by atoms with E-state index in [4.69, 9.17) is 5.73 Å². The second kappa shape index (κ2) is 2.61. The number of hydrogen-bond acceptors (Lipinski definition) is 3. The Kier molecular flexibility index (Phi) is 1.80. The lowest BCUT2D eigenvalue weighted by molar-refractivity contribution is 0.112. The first-order valence-electron chi connectivity index (χ1n) is 2.72. The van der Waals surface area contributed by atoms with E-state index in [2.05, 4.69) is 4.98 Å². The van der Waals surface area contributed by atoms with Crippen molar-refractivity contribution in [2.75, 3.05) is 5.73 Å². The lowest BCUT2D eigenvalue weighted by Crippen LogP contribution is -2.01. The Balaban J connectivity index is 3.35. The van der Waals surface area contributed by atoms with Crippen molar-refractivity contribution in [2.24, 2.45) is 0 Å². The van der Waals surface area contributed by atoms with Gasteiger partial charge in [-0.2, -0.15) is 13.8 Å². The zero-order valence-electron chi connectivity index (χ0n) is 5.34. The van der Waals surface area contributed by atoms with Gasteiger partial charge in [-0.25, -0.2) is 0 Å². The van der Waals surface area contributed by atoms with Crippen LogP contribution in [0, 0.1) is 11.9 Å². The van der Waals surface area contributed by atoms with Crippen LogP contribution in [0.5, 0.6) is 0 Å². The number of rotatable bonds is 1. The first-order valence-corrected chi connectivity index (χ1v) is 2.72. The quantitative estimate of drug-likeness (QED) is 0.484. The van der Waals surface area contributed by atoms with E-state index in [0.717, 1.165) is 6.07 Å². The summed E-state index contributed by atoms with van der Waals surface area (Å²) in [5.41, 5.74) is 4.37. The molecule has 0 fully saturated rings. The molecule has 1 heterocycles. The maximum Gasteiger partial charge on any atom is 0.239 e. The van der Waals surface area contributed by atoms with Crippen LogP contribution in [0.1, 0.15) is 10.4 Å². The Labute approximate surface area is 60.8 Å². The van der Waals surface area contributed by atoms with Crippen LogP contribution in [0.2, 0.25) is 0 Å². The van der Waals surface area contributed by atoms with Gasteiger partial charge in [-0.3, -0.25) is 4.79 Å². The number of aldehydes is 1. The number of anilines is 1. The molecule has 1 aromatic rings. The molecule has 0 amide bonds. The molecule has 0 radical (unpaired) electrons. The van der Waals surface area contributed by atoms with Crippen LogP contribution < -0.4 is 5.73 Å². The van der Waals surface area contributed by atoms with Gasteiger partial charge in [-0.05, 0) is 0 Å². The molecular formula is C6H4F2N2O. The molecule has 0 aliphatic rings. The van der Waals surface area contributed by atoms with E-state index < -0.39 is 17.6 Å². The highest BCUT2D eigenvalue weighted by Crippen LogP contribution is 2.12. The van der Waals surface area contributed by atoms with Gasteiger partial charge >= 0.3 is 0 Å². The fraction of sp³-hybridized carbons (Fsp3) is 0. The van der Waals surface area contributed by atoms with Gasteiger partial charge < -0.3 is 5.73 Å². The molecule has 0 aliphatic carbocycles. The molecule has 0 saturated carbocycles. The molecule has 2 N–H and O–H groups in total. The highest BCUT2D eigenvalue weighted by Gasteiger charge is 2.07. The van der Waals surface area contributed by atoms with Gasteiger partial charge in [-0.1, -0.05) is 0 Å². The molecular weight excluding hydrogens is 154 g/mol. The fourth-order valence-corrected chi connectivity index (χ4v) is 0.609. The predicted molar refractivity (Wildman–Crippen MR) is 34.0 cm³/mol. The molecule has 0 aromatic carbocycles. The summed E-state index contributed by atoms with van der Waals surface area (Å²) in [5, 5.41) is 0. The summed E-state index contributed by atoms with van der Waals surface area (Å²) in [6.45, 7) is 0. The number of nitrogen functional groups attached to an aromatic ring is 1. The second-order valence-corrected chi connectivity index (χ2v) is 1.86. The number of carbonyl (C=O) groups excluding carboxylic acids is 1. The maximum absolute atomic E-state index is 12.4. The van der Waals surface area contributed by atoms with Crippen molar-refractivity contribution in [3.8, 4) is 0 Å². The Morgan fingerprint density at radius 2 is 2.18 bits per heavy atom. The predicted octanol–water partition coefficient (Wildman–Crippen LogP) is 0.755. The molecule has 0 saturated heterocycles. The Morgan fingerprint density at radius 3 is 2.73 bits per heavy atom. The monoisotopic (exact) mass is 158 g/mol. The van der Waals surface area contributed by atoms with E-state index in [9.17, 15) is 13.6 Å². The number of halogens is 2. The smallest absolute Gasteiger partial charge is 0.239 e. The van der Waals surface area contributed by atoms with E-state index in [1.807, 2.05) is 0 Å². The van der Waals surface area contributed by atoms with Gasteiger partial charge in [0.15, 0.2) is 6.29 Å². The van der Waals surface area contributed by atoms with Crippen molar-refractivity contribution in [3.63, 3.8) is 0 Å². The summed E-state index contributed by atoms with van der Waals surface area (Å²) in [7, 11) is 0. The van der Waals surface area contributed by atoms with Crippen molar-refractivity contribution >= 4 is 12.0 Å². The third-order valence-corrected chi connectivity index (χ3v) is 1.14. The van der Waals surface area contributed by atoms with Gasteiger partial charge in [0.1, 0.15) is 0 Å². The molecule has 0 atom stereocenters. The highest BCUT2D eigenvalue weighted by molar-refractivity contribution is 5.82. The Morgan fingerprint density at radius 1 is 1.55 bits per heavy atom. The van der Waals surface area contributed by atoms with Crippen LogP contribution in [0.25, 0.3) is 0 Å². The van der Waals surface area contributed by atoms with Crippen molar-refractivity contribution in [3.05, 3.63) is 23.5 Å². The average molecular weight is 158 g/mol. The molecule has 1 aromatic heterocycles. The molecule has 1 rings (SSSR count). The molecule has 5 heteroatoms. The van der Waals surface area contributed by atoms with Crippen molar-refractivity contribution in [1.82, 2.24) is 4.98 Å². The average Bonchev–Trinajstić information content (AvgIpc) is 1.96. The third kappa shape index (κ3) is 1.31. The summed E-state index contributed by atoms with van der Waals surface area (Å²) in [6, 6.07) is 0.769. The summed E-state index contributed by atoms with van der Waals surface area (Å²) in [4.78, 5) is 12.9. The van der Waals surface area contributed by atoms with Gasteiger partial charge in [0.25, 0.3) is 0 Å². The molecule has 0 unspecified atom stereocenters. The lowest BCUT2D eigenvalue weighted by Gasteiger charge is -1.97. The third-order valence-electron chi connectivity index (χ3n) is 1.14. The second-order valence-electron chi connectivity index (χ2n) is 1.86. The number of carbonyl (C=O) groups is 1. The number of hydrogen-bond donors (Lipinski definition) is 1. The normalized spacial score (nSPS) is 9.64. The fourth-order valence-electron chi connectivity index (χ4n) is 0.609. The van der Waals surface area contributed by atoms with Crippen LogP contribution in [-0.2, 0) is 0 Å². The Hall–Kier alpha value is -1.52. The van der Waals surface area contributed by atoms with Gasteiger partial charge in [-0.15, -0.1) is 0 Å². The summed E-state index contributed by atoms with van der Waals surface area (Å²) >= 11 is 0. The maximum atomic E-state index is 12.4. The SMILES string of the molecule is Nc1c(C=O)cc(F)nc1F. The molecule has 3 nitrogen and oxygen atoms in total. The number of nitrogens with zero attached hydrogens (tertiary/aromatic N) is 1. The van der Waals surface area contributed by atoms with Crippen LogP contribution >= 0.6 is 0 Å². The molecule has 0 bridgehead atoms. The minimum Gasteiger partial charge on any atom is -0.394 e. The minimum absolute atomic E-state index is 0.227. The zero-order valence-corrected chi connectivity index (χ0v) is 5.34.